The fourth-order valence-electron chi connectivity index (χ4n) is 0. The second-order valence-corrected chi connectivity index (χ2v) is 2.71. The molecule has 0 aromatic carbocycles. The van der Waals surface area contributed by atoms with Gasteiger partial charge in [-0.25, -0.2) is 0 Å². The van der Waals surface area contributed by atoms with Gasteiger partial charge in [-0.3, -0.25) is 16.2 Å². The quantitative estimate of drug-likeness (QED) is 0.0608. The molecule has 0 saturated carbocycles. The van der Waals surface area contributed by atoms with Gasteiger partial charge in [0.25, 0.3) is 0 Å². The number of nitrogens with two attached hydrogens (primary N) is 6. The summed E-state index contributed by atoms with van der Waals surface area (Å²) in [6, 6.07) is 0. The molecule has 124 valence electrons. The van der Waals surface area contributed by atoms with Crippen LogP contribution >= 0.6 is 17.2 Å². The van der Waals surface area contributed by atoms with E-state index in [4.69, 9.17) is 45.6 Å². The molecular formula is C3H15N9O6P2Zn3. The molecule has 0 atom stereocenters. The summed E-state index contributed by atoms with van der Waals surface area (Å²) in [6.07, 6.45) is 0. The van der Waals surface area contributed by atoms with Gasteiger partial charge in [-0.1, -0.05) is 0 Å². The molecule has 0 radical (unpaired) electrons. The van der Waals surface area contributed by atoms with Crippen LogP contribution in [-0.2, 0) is 58.4 Å². The Morgan fingerprint density at radius 1 is 0.478 bits per heavy atom. The Bertz CT molecular complexity index is 201. The van der Waals surface area contributed by atoms with Crippen LogP contribution in [-0.4, -0.2) is 17.9 Å². The summed E-state index contributed by atoms with van der Waals surface area (Å²) in [6.45, 7) is 0. The van der Waals surface area contributed by atoms with E-state index in [1.165, 1.54) is 0 Å². The van der Waals surface area contributed by atoms with Crippen molar-refractivity contribution in [2.24, 2.45) is 34.4 Å². The van der Waals surface area contributed by atoms with Gasteiger partial charge in [-0.15, -0.1) is 0 Å². The van der Waals surface area contributed by atoms with Crippen molar-refractivity contribution in [3.8, 4) is 0 Å². The van der Waals surface area contributed by atoms with Gasteiger partial charge in [-0.05, 0) is 0 Å². The first kappa shape index (κ1) is 49.5. The van der Waals surface area contributed by atoms with E-state index in [0.29, 0.717) is 0 Å². The number of hydrogen-bond donors (Lipinski definition) is 9. The molecule has 0 amide bonds. The number of nitrogens with one attached hydrogen (secondary N) is 3. The Labute approximate surface area is 173 Å². The van der Waals surface area contributed by atoms with Crippen molar-refractivity contribution in [1.29, 1.82) is 16.2 Å². The fraction of sp³-hybridized carbons (Fsp3) is 0. The summed E-state index contributed by atoms with van der Waals surface area (Å²) in [7, 11) is -6.74. The topological polar surface area (TPSA) is 366 Å². The van der Waals surface area contributed by atoms with Crippen LogP contribution in [0.3, 0.4) is 0 Å². The molecule has 0 fully saturated rings. The summed E-state index contributed by atoms with van der Waals surface area (Å²) >= 11 is 0. The Hall–Kier alpha value is 0.300. The monoisotopic (exact) mass is 527 g/mol. The van der Waals surface area contributed by atoms with E-state index in [0.717, 1.165) is 0 Å². The average Bonchev–Trinajstić information content (AvgIpc) is 1.94. The van der Waals surface area contributed by atoms with Crippen LogP contribution in [0.5, 0.6) is 0 Å². The molecule has 0 heterocycles. The summed E-state index contributed by atoms with van der Waals surface area (Å²) in [5.74, 6) is -1.000. The summed E-state index contributed by atoms with van der Waals surface area (Å²) in [4.78, 5) is 50.9. The van der Waals surface area contributed by atoms with Gasteiger partial charge in [0, 0.05) is 0 Å². The molecule has 0 spiro atoms. The third-order valence-corrected chi connectivity index (χ3v) is 0. The van der Waals surface area contributed by atoms with Crippen molar-refractivity contribution in [3.63, 3.8) is 0 Å². The Balaban J connectivity index is -0.0000000197. The molecule has 23 heavy (non-hydrogen) atoms. The molecule has 15 N–H and O–H groups in total. The molecular weight excluding hydrogens is 516 g/mol. The summed E-state index contributed by atoms with van der Waals surface area (Å²) in [5, 5.41) is 18.2. The molecule has 0 aliphatic heterocycles. The fourth-order valence-corrected chi connectivity index (χ4v) is 0. The molecule has 0 aromatic heterocycles. The number of rotatable bonds is 0. The van der Waals surface area contributed by atoms with Gasteiger partial charge in [0.1, 0.15) is 0 Å². The van der Waals surface area contributed by atoms with Crippen molar-refractivity contribution in [2.75, 3.05) is 0 Å². The number of guanidine groups is 3. The zero-order valence-electron chi connectivity index (χ0n) is 11.9. The number of hydrogen-bond acceptors (Lipinski definition) is 9. The molecule has 20 heteroatoms. The van der Waals surface area contributed by atoms with Crippen LogP contribution in [0.4, 0.5) is 0 Å². The van der Waals surface area contributed by atoms with Crippen LogP contribution in [0.25, 0.3) is 0 Å². The van der Waals surface area contributed by atoms with Gasteiger partial charge in [0.15, 0.2) is 17.9 Å². The van der Waals surface area contributed by atoms with Crippen LogP contribution in [0, 0.1) is 16.2 Å². The standard InChI is InChI=1S/3CH5N3.2O3P.3Zn/c3*2-1(3)4;2*1-4(2)3;;;/h3*(H5,2,3,4);;;;;/q;;;2*-3;3*+2. The maximum atomic E-state index is 8.48. The van der Waals surface area contributed by atoms with Gasteiger partial charge < -0.3 is 81.0 Å². The largest absolute Gasteiger partial charge is 2.00 e. The van der Waals surface area contributed by atoms with Crippen LogP contribution in [0.15, 0.2) is 0 Å². The molecule has 0 unspecified atom stereocenters. The van der Waals surface area contributed by atoms with E-state index in [1.54, 1.807) is 0 Å². The molecule has 15 nitrogen and oxygen atoms in total. The molecule has 0 rings (SSSR count). The molecule has 0 bridgehead atoms. The van der Waals surface area contributed by atoms with Gasteiger partial charge in [-0.2, -0.15) is 0 Å². The van der Waals surface area contributed by atoms with E-state index in [9.17, 15) is 0 Å². The summed E-state index contributed by atoms with van der Waals surface area (Å²) < 4.78 is 0. The minimum atomic E-state index is -3.37. The van der Waals surface area contributed by atoms with E-state index in [2.05, 4.69) is 34.4 Å². The first-order valence-electron chi connectivity index (χ1n) is 3.58. The minimum absolute atomic E-state index is 0. The molecule has 0 saturated heterocycles. The van der Waals surface area contributed by atoms with Crippen LogP contribution < -0.4 is 63.8 Å². The maximum Gasteiger partial charge on any atom is 2.00 e. The van der Waals surface area contributed by atoms with Crippen molar-refractivity contribution < 1.29 is 87.8 Å². The average molecular weight is 531 g/mol. The van der Waals surface area contributed by atoms with Gasteiger partial charge >= 0.3 is 58.4 Å². The third-order valence-electron chi connectivity index (χ3n) is 0. The Kier molecular flexibility index (Phi) is 93.0. The summed E-state index contributed by atoms with van der Waals surface area (Å²) in [5.41, 5.74) is 26.8. The van der Waals surface area contributed by atoms with Crippen LogP contribution in [0.1, 0.15) is 0 Å². The van der Waals surface area contributed by atoms with Crippen molar-refractivity contribution >= 4 is 35.1 Å². The third kappa shape index (κ3) is 102000. The smallest absolute Gasteiger partial charge is 0.854 e. The van der Waals surface area contributed by atoms with Crippen molar-refractivity contribution in [2.45, 2.75) is 0 Å². The molecule has 0 aliphatic carbocycles. The van der Waals surface area contributed by atoms with Crippen LogP contribution in [0.2, 0.25) is 0 Å². The van der Waals surface area contributed by atoms with Gasteiger partial charge in [0.05, 0.1) is 0 Å². The predicted octanol–water partition coefficient (Wildman–Crippen LogP) is -8.90. The van der Waals surface area contributed by atoms with E-state index >= 15 is 0 Å². The zero-order chi connectivity index (χ0) is 17.9. The second-order valence-electron chi connectivity index (χ2n) is 1.81. The SMILES string of the molecule is N=C(N)N.N=C(N)N.N=C(N)N.[O-]P([O-])[O-].[O-]P([O-])[O-].[Zn+2].[Zn+2].[Zn+2]. The molecule has 0 aliphatic rings. The predicted molar refractivity (Wildman–Crippen MR) is 62.1 cm³/mol. The Morgan fingerprint density at radius 2 is 0.478 bits per heavy atom. The molecule has 0 aromatic rings. The first-order valence-corrected chi connectivity index (χ1v) is 5.77. The van der Waals surface area contributed by atoms with E-state index in [1.807, 2.05) is 0 Å². The second kappa shape index (κ2) is 43.2. The van der Waals surface area contributed by atoms with Gasteiger partial charge in [0.2, 0.25) is 0 Å². The Morgan fingerprint density at radius 3 is 0.478 bits per heavy atom. The maximum absolute atomic E-state index is 8.48. The normalized spacial score (nSPS) is 6.26. The minimum Gasteiger partial charge on any atom is -0.854 e. The van der Waals surface area contributed by atoms with Crippen molar-refractivity contribution in [1.82, 2.24) is 0 Å². The van der Waals surface area contributed by atoms with E-state index in [-0.39, 0.29) is 76.3 Å². The van der Waals surface area contributed by atoms with Crippen molar-refractivity contribution in [3.05, 3.63) is 0 Å². The van der Waals surface area contributed by atoms with E-state index < -0.39 is 17.2 Å². The zero-order valence-corrected chi connectivity index (χ0v) is 22.6. The first-order chi connectivity index (χ1) is 8.66.